The number of carbonyl (C=O) groups excluding carboxylic acids is 2. The zero-order valence-electron chi connectivity index (χ0n) is 20.8. The highest BCUT2D eigenvalue weighted by Gasteiger charge is 2.59. The molecule has 2 aromatic carbocycles. The number of nitrogens with zero attached hydrogens (tertiary/aromatic N) is 1. The van der Waals surface area contributed by atoms with Crippen molar-refractivity contribution in [3.05, 3.63) is 65.7 Å². The highest BCUT2D eigenvalue weighted by atomic mass is 16.5. The van der Waals surface area contributed by atoms with E-state index in [4.69, 9.17) is 9.47 Å². The third-order valence-corrected chi connectivity index (χ3v) is 8.32. The summed E-state index contributed by atoms with van der Waals surface area (Å²) >= 11 is 0. The van der Waals surface area contributed by atoms with Crippen molar-refractivity contribution >= 4 is 11.9 Å². The number of nitrogens with one attached hydrogen (secondary N) is 1. The Morgan fingerprint density at radius 3 is 2.57 bits per heavy atom. The second kappa shape index (κ2) is 9.75. The summed E-state index contributed by atoms with van der Waals surface area (Å²) in [5.74, 6) is 1.03. The van der Waals surface area contributed by atoms with Crippen LogP contribution in [0, 0.1) is 5.92 Å². The quantitative estimate of drug-likeness (QED) is 0.476. The monoisotopic (exact) mass is 476 g/mol. The molecule has 6 nitrogen and oxygen atoms in total. The molecule has 5 rings (SSSR count). The van der Waals surface area contributed by atoms with E-state index in [9.17, 15) is 9.59 Å². The van der Waals surface area contributed by atoms with Gasteiger partial charge in [0.05, 0.1) is 5.60 Å². The van der Waals surface area contributed by atoms with Crippen molar-refractivity contribution in [1.82, 2.24) is 10.2 Å². The van der Waals surface area contributed by atoms with Gasteiger partial charge in [-0.3, -0.25) is 9.59 Å². The standard InChI is InChI=1S/C29H36N2O4/c1-21(32)35-26-10-6-9-24(17-26)28-15-16-31(19-22-11-12-22)20-29(28,34-2)14-13-25(18-28)30-27(33)23-7-4-3-5-8-23/h3-10,17,22,25H,11-16,18-20H2,1-2H3,(H,30,33)/t25-,28?,29?/m1/s1. The summed E-state index contributed by atoms with van der Waals surface area (Å²) in [6, 6.07) is 17.4. The van der Waals surface area contributed by atoms with Crippen LogP contribution in [0.25, 0.3) is 0 Å². The Bertz CT molecular complexity index is 1070. The molecule has 0 aromatic heterocycles. The number of methoxy groups -OCH3 is 1. The molecule has 2 unspecified atom stereocenters. The van der Waals surface area contributed by atoms with Gasteiger partial charge in [-0.1, -0.05) is 30.3 Å². The molecule has 2 aliphatic carbocycles. The van der Waals surface area contributed by atoms with Crippen LogP contribution in [0.15, 0.2) is 54.6 Å². The van der Waals surface area contributed by atoms with E-state index in [0.717, 1.165) is 56.8 Å². The fourth-order valence-electron chi connectivity index (χ4n) is 6.42. The van der Waals surface area contributed by atoms with Crippen LogP contribution in [-0.4, -0.2) is 55.2 Å². The first-order chi connectivity index (χ1) is 16.9. The maximum atomic E-state index is 13.0. The molecule has 3 fully saturated rings. The first-order valence-electron chi connectivity index (χ1n) is 12.9. The van der Waals surface area contributed by atoms with Crippen LogP contribution in [-0.2, 0) is 14.9 Å². The molecule has 1 aliphatic heterocycles. The molecule has 0 radical (unpaired) electrons. The molecule has 6 heteroatoms. The molecular weight excluding hydrogens is 440 g/mol. The number of hydrogen-bond donors (Lipinski definition) is 1. The number of ether oxygens (including phenoxy) is 2. The van der Waals surface area contributed by atoms with E-state index >= 15 is 0 Å². The molecule has 1 saturated heterocycles. The molecule has 1 N–H and O–H groups in total. The Morgan fingerprint density at radius 2 is 1.86 bits per heavy atom. The van der Waals surface area contributed by atoms with Crippen molar-refractivity contribution < 1.29 is 19.1 Å². The maximum absolute atomic E-state index is 13.0. The van der Waals surface area contributed by atoms with Gasteiger partial charge in [0.25, 0.3) is 5.91 Å². The zero-order chi connectivity index (χ0) is 24.5. The molecule has 0 bridgehead atoms. The third-order valence-electron chi connectivity index (χ3n) is 8.32. The van der Waals surface area contributed by atoms with E-state index in [1.165, 1.54) is 19.8 Å². The van der Waals surface area contributed by atoms with Crippen LogP contribution in [0.4, 0.5) is 0 Å². The van der Waals surface area contributed by atoms with Crippen molar-refractivity contribution in [2.75, 3.05) is 26.7 Å². The molecule has 2 saturated carbocycles. The average Bonchev–Trinajstić information content (AvgIpc) is 3.68. The minimum atomic E-state index is -0.358. The summed E-state index contributed by atoms with van der Waals surface area (Å²) < 4.78 is 11.9. The average molecular weight is 477 g/mol. The smallest absolute Gasteiger partial charge is 0.308 e. The predicted molar refractivity (Wildman–Crippen MR) is 134 cm³/mol. The van der Waals surface area contributed by atoms with Gasteiger partial charge in [0.15, 0.2) is 0 Å². The lowest BCUT2D eigenvalue weighted by molar-refractivity contribution is -0.148. The number of carbonyl (C=O) groups is 2. The molecule has 35 heavy (non-hydrogen) atoms. The van der Waals surface area contributed by atoms with Crippen molar-refractivity contribution in [2.45, 2.75) is 62.5 Å². The zero-order valence-corrected chi connectivity index (χ0v) is 20.8. The summed E-state index contributed by atoms with van der Waals surface area (Å²) in [4.78, 5) is 27.3. The largest absolute Gasteiger partial charge is 0.427 e. The Kier molecular flexibility index (Phi) is 6.69. The van der Waals surface area contributed by atoms with Crippen molar-refractivity contribution in [1.29, 1.82) is 0 Å². The highest BCUT2D eigenvalue weighted by molar-refractivity contribution is 5.94. The summed E-state index contributed by atoms with van der Waals surface area (Å²) in [6.07, 6.45) is 6.13. The Balaban J connectivity index is 1.47. The van der Waals surface area contributed by atoms with E-state index < -0.39 is 0 Å². The number of likely N-dealkylation sites (tertiary alicyclic amines) is 1. The lowest BCUT2D eigenvalue weighted by atomic mass is 9.55. The van der Waals surface area contributed by atoms with E-state index in [1.54, 1.807) is 0 Å². The Morgan fingerprint density at radius 1 is 1.06 bits per heavy atom. The molecule has 0 spiro atoms. The van der Waals surface area contributed by atoms with Gasteiger partial charge in [-0.15, -0.1) is 0 Å². The Hall–Kier alpha value is -2.70. The van der Waals surface area contributed by atoms with Crippen LogP contribution >= 0.6 is 0 Å². The first kappa shape index (κ1) is 24.0. The van der Waals surface area contributed by atoms with Crippen molar-refractivity contribution in [2.24, 2.45) is 5.92 Å². The van der Waals surface area contributed by atoms with Crippen molar-refractivity contribution in [3.8, 4) is 5.75 Å². The number of piperidine rings is 1. The molecule has 1 heterocycles. The second-order valence-electron chi connectivity index (χ2n) is 10.6. The second-order valence-corrected chi connectivity index (χ2v) is 10.6. The number of fused-ring (bicyclic) bond motifs is 1. The van der Waals surface area contributed by atoms with Gasteiger partial charge in [0, 0.05) is 44.1 Å². The van der Waals surface area contributed by atoms with Gasteiger partial charge in [-0.25, -0.2) is 0 Å². The fourth-order valence-corrected chi connectivity index (χ4v) is 6.42. The lowest BCUT2D eigenvalue weighted by Crippen LogP contribution is -2.68. The van der Waals surface area contributed by atoms with Gasteiger partial charge < -0.3 is 19.7 Å². The Labute approximate surface area is 208 Å². The van der Waals surface area contributed by atoms with Gasteiger partial charge in [-0.05, 0) is 80.8 Å². The van der Waals surface area contributed by atoms with Crippen LogP contribution in [0.1, 0.15) is 61.4 Å². The summed E-state index contributed by atoms with van der Waals surface area (Å²) in [5, 5.41) is 3.31. The summed E-state index contributed by atoms with van der Waals surface area (Å²) in [7, 11) is 1.84. The van der Waals surface area contributed by atoms with E-state index in [-0.39, 0.29) is 28.9 Å². The first-order valence-corrected chi connectivity index (χ1v) is 12.9. The molecule has 186 valence electrons. The SMILES string of the molecule is COC12CC[C@@H](NC(=O)c3ccccc3)CC1(c1cccc(OC(C)=O)c1)CCN(CC1CC1)C2. The minimum absolute atomic E-state index is 0.0319. The fraction of sp³-hybridized carbons (Fsp3) is 0.517. The molecule has 3 aliphatic rings. The van der Waals surface area contributed by atoms with Gasteiger partial charge in [0.1, 0.15) is 5.75 Å². The van der Waals surface area contributed by atoms with E-state index in [2.05, 4.69) is 16.3 Å². The van der Waals surface area contributed by atoms with Crippen LogP contribution < -0.4 is 10.1 Å². The van der Waals surface area contributed by atoms with Crippen molar-refractivity contribution in [3.63, 3.8) is 0 Å². The van der Waals surface area contributed by atoms with E-state index in [0.29, 0.717) is 11.3 Å². The van der Waals surface area contributed by atoms with Gasteiger partial charge in [0.2, 0.25) is 0 Å². The third kappa shape index (κ3) is 4.87. The van der Waals surface area contributed by atoms with Crippen LogP contribution in [0.2, 0.25) is 0 Å². The topological polar surface area (TPSA) is 67.9 Å². The van der Waals surface area contributed by atoms with Crippen LogP contribution in [0.5, 0.6) is 5.75 Å². The molecule has 3 atom stereocenters. The molecule has 1 amide bonds. The minimum Gasteiger partial charge on any atom is -0.427 e. The molecule has 2 aromatic rings. The predicted octanol–water partition coefficient (Wildman–Crippen LogP) is 4.33. The maximum Gasteiger partial charge on any atom is 0.308 e. The number of benzene rings is 2. The number of esters is 1. The molecular formula is C29H36N2O4. The summed E-state index contributed by atoms with van der Waals surface area (Å²) in [5.41, 5.74) is 1.16. The van der Waals surface area contributed by atoms with Gasteiger partial charge in [-0.2, -0.15) is 0 Å². The highest BCUT2D eigenvalue weighted by Crippen LogP contribution is 2.54. The number of amides is 1. The number of hydrogen-bond acceptors (Lipinski definition) is 5. The number of rotatable bonds is 7. The summed E-state index contributed by atoms with van der Waals surface area (Å²) in [6.45, 7) is 4.45. The normalized spacial score (nSPS) is 28.7. The van der Waals surface area contributed by atoms with Gasteiger partial charge >= 0.3 is 5.97 Å². The lowest BCUT2D eigenvalue weighted by Gasteiger charge is -2.60. The van der Waals surface area contributed by atoms with E-state index in [1.807, 2.05) is 55.6 Å². The van der Waals surface area contributed by atoms with Crippen LogP contribution in [0.3, 0.4) is 0 Å².